The number of piperazine rings is 1. The summed E-state index contributed by atoms with van der Waals surface area (Å²) in [5, 5.41) is 13.9. The summed E-state index contributed by atoms with van der Waals surface area (Å²) < 4.78 is 40.0. The van der Waals surface area contributed by atoms with E-state index in [2.05, 4.69) is 5.32 Å². The Hall–Kier alpha value is -1.67. The zero-order valence-electron chi connectivity index (χ0n) is 10.6. The van der Waals surface area contributed by atoms with E-state index in [-0.39, 0.29) is 18.7 Å². The normalized spacial score (nSPS) is 18.8. The number of nitrogens with zero attached hydrogens (tertiary/aromatic N) is 2. The van der Waals surface area contributed by atoms with E-state index in [1.54, 1.807) is 0 Å². The Morgan fingerprint density at radius 2 is 1.85 bits per heavy atom. The zero-order chi connectivity index (χ0) is 14.8. The molecule has 1 saturated heterocycles. The van der Waals surface area contributed by atoms with Crippen molar-refractivity contribution >= 4 is 5.69 Å². The first-order chi connectivity index (χ1) is 9.41. The van der Waals surface area contributed by atoms with Gasteiger partial charge in [-0.25, -0.2) is 0 Å². The molecular formula is C12H14F3N3O2. The van der Waals surface area contributed by atoms with Gasteiger partial charge in [-0.2, -0.15) is 13.2 Å². The first kappa shape index (κ1) is 14.7. The van der Waals surface area contributed by atoms with Gasteiger partial charge in [0.25, 0.3) is 5.69 Å². The second-order valence-corrected chi connectivity index (χ2v) is 4.55. The molecule has 1 aromatic carbocycles. The molecule has 1 aromatic rings. The number of para-hydroxylation sites is 1. The maximum absolute atomic E-state index is 13.3. The van der Waals surface area contributed by atoms with E-state index in [9.17, 15) is 23.3 Å². The molecule has 0 aliphatic carbocycles. The summed E-state index contributed by atoms with van der Waals surface area (Å²) in [6.07, 6.45) is -4.55. The number of nitro groups is 1. The van der Waals surface area contributed by atoms with Crippen LogP contribution in [0.25, 0.3) is 0 Å². The average molecular weight is 289 g/mol. The standard InChI is InChI=1S/C12H14F3N3O2/c13-12(14,15)11(17-7-5-16-6-8-17)9-3-1-2-4-10(9)18(19)20/h1-4,11,16H,5-8H2/t11-/m1/s1. The van der Waals surface area contributed by atoms with Crippen LogP contribution in [-0.4, -0.2) is 42.2 Å². The lowest BCUT2D eigenvalue weighted by Crippen LogP contribution is -2.49. The predicted molar refractivity (Wildman–Crippen MR) is 66.3 cm³/mol. The Morgan fingerprint density at radius 1 is 1.25 bits per heavy atom. The average Bonchev–Trinajstić information content (AvgIpc) is 2.39. The van der Waals surface area contributed by atoms with E-state index in [4.69, 9.17) is 0 Å². The van der Waals surface area contributed by atoms with Gasteiger partial charge in [0.05, 0.1) is 10.5 Å². The lowest BCUT2D eigenvalue weighted by molar-refractivity contribution is -0.386. The quantitative estimate of drug-likeness (QED) is 0.684. The van der Waals surface area contributed by atoms with Crippen LogP contribution in [0.1, 0.15) is 11.6 Å². The van der Waals surface area contributed by atoms with Crippen LogP contribution in [0.15, 0.2) is 24.3 Å². The van der Waals surface area contributed by atoms with Gasteiger partial charge >= 0.3 is 6.18 Å². The SMILES string of the molecule is O=[N+]([O-])c1ccccc1[C@@H](N1CCNCC1)C(F)(F)F. The van der Waals surface area contributed by atoms with Crippen LogP contribution in [-0.2, 0) is 0 Å². The molecule has 1 fully saturated rings. The van der Waals surface area contributed by atoms with E-state index in [0.717, 1.165) is 6.07 Å². The Bertz CT molecular complexity index is 487. The summed E-state index contributed by atoms with van der Waals surface area (Å²) in [6.45, 7) is 1.28. The fraction of sp³-hybridized carbons (Fsp3) is 0.500. The molecule has 1 heterocycles. The molecule has 5 nitrogen and oxygen atoms in total. The largest absolute Gasteiger partial charge is 0.408 e. The van der Waals surface area contributed by atoms with Crippen LogP contribution in [0.5, 0.6) is 0 Å². The van der Waals surface area contributed by atoms with E-state index in [1.807, 2.05) is 0 Å². The van der Waals surface area contributed by atoms with Crippen LogP contribution < -0.4 is 5.32 Å². The molecule has 0 radical (unpaired) electrons. The number of nitro benzene ring substituents is 1. The number of rotatable bonds is 3. The second kappa shape index (κ2) is 5.76. The molecule has 1 aliphatic rings. The molecule has 0 aromatic heterocycles. The number of nitrogens with one attached hydrogen (secondary N) is 1. The van der Waals surface area contributed by atoms with E-state index in [1.165, 1.54) is 23.1 Å². The summed E-state index contributed by atoms with van der Waals surface area (Å²) in [5.41, 5.74) is -0.791. The summed E-state index contributed by atoms with van der Waals surface area (Å²) >= 11 is 0. The van der Waals surface area contributed by atoms with Gasteiger partial charge in [0.1, 0.15) is 6.04 Å². The fourth-order valence-corrected chi connectivity index (χ4v) is 2.41. The Labute approximate surface area is 113 Å². The van der Waals surface area contributed by atoms with Gasteiger partial charge in [-0.05, 0) is 0 Å². The van der Waals surface area contributed by atoms with Crippen LogP contribution in [0.4, 0.5) is 18.9 Å². The summed E-state index contributed by atoms with van der Waals surface area (Å²) in [5.74, 6) is 0. The van der Waals surface area contributed by atoms with Crippen molar-refractivity contribution < 1.29 is 18.1 Å². The number of benzene rings is 1. The van der Waals surface area contributed by atoms with Crippen molar-refractivity contribution in [3.63, 3.8) is 0 Å². The molecule has 0 saturated carbocycles. The highest BCUT2D eigenvalue weighted by atomic mass is 19.4. The topological polar surface area (TPSA) is 58.4 Å². The highest BCUT2D eigenvalue weighted by molar-refractivity contribution is 5.42. The highest BCUT2D eigenvalue weighted by Crippen LogP contribution is 2.41. The lowest BCUT2D eigenvalue weighted by atomic mass is 10.0. The molecule has 0 unspecified atom stereocenters. The first-order valence-electron chi connectivity index (χ1n) is 6.16. The minimum atomic E-state index is -4.55. The molecule has 1 atom stereocenters. The lowest BCUT2D eigenvalue weighted by Gasteiger charge is -2.35. The van der Waals surface area contributed by atoms with Crippen LogP contribution in [0, 0.1) is 10.1 Å². The van der Waals surface area contributed by atoms with E-state index >= 15 is 0 Å². The van der Waals surface area contributed by atoms with Crippen molar-refractivity contribution in [3.05, 3.63) is 39.9 Å². The number of halogens is 3. The molecule has 20 heavy (non-hydrogen) atoms. The van der Waals surface area contributed by atoms with Crippen LogP contribution in [0.3, 0.4) is 0 Å². The number of hydrogen-bond donors (Lipinski definition) is 1. The van der Waals surface area contributed by atoms with Crippen LogP contribution in [0.2, 0.25) is 0 Å². The maximum Gasteiger partial charge on any atom is 0.408 e. The third-order valence-electron chi connectivity index (χ3n) is 3.25. The van der Waals surface area contributed by atoms with E-state index in [0.29, 0.717) is 13.1 Å². The van der Waals surface area contributed by atoms with E-state index < -0.39 is 22.8 Å². The molecule has 1 aliphatic heterocycles. The first-order valence-corrected chi connectivity index (χ1v) is 6.16. The van der Waals surface area contributed by atoms with Crippen molar-refractivity contribution in [1.29, 1.82) is 0 Å². The van der Waals surface area contributed by atoms with Crippen molar-refractivity contribution in [2.75, 3.05) is 26.2 Å². The Balaban J connectivity index is 2.44. The zero-order valence-corrected chi connectivity index (χ0v) is 10.6. The van der Waals surface area contributed by atoms with Gasteiger partial charge < -0.3 is 5.32 Å². The molecular weight excluding hydrogens is 275 g/mol. The number of alkyl halides is 3. The molecule has 1 N–H and O–H groups in total. The van der Waals surface area contributed by atoms with Crippen molar-refractivity contribution in [3.8, 4) is 0 Å². The molecule has 110 valence electrons. The maximum atomic E-state index is 13.3. The molecule has 0 bridgehead atoms. The van der Waals surface area contributed by atoms with Crippen LogP contribution >= 0.6 is 0 Å². The van der Waals surface area contributed by atoms with Gasteiger partial charge in [-0.15, -0.1) is 0 Å². The summed E-state index contributed by atoms with van der Waals surface area (Å²) in [7, 11) is 0. The number of hydrogen-bond acceptors (Lipinski definition) is 4. The predicted octanol–water partition coefficient (Wildman–Crippen LogP) is 2.10. The minimum Gasteiger partial charge on any atom is -0.314 e. The Kier molecular flexibility index (Phi) is 4.24. The minimum absolute atomic E-state index is 0.205. The van der Waals surface area contributed by atoms with Gasteiger partial charge in [0.15, 0.2) is 0 Å². The molecule has 2 rings (SSSR count). The molecule has 8 heteroatoms. The second-order valence-electron chi connectivity index (χ2n) is 4.55. The van der Waals surface area contributed by atoms with Gasteiger partial charge in [0, 0.05) is 32.2 Å². The monoisotopic (exact) mass is 289 g/mol. The summed E-state index contributed by atoms with van der Waals surface area (Å²) in [6, 6.07) is 3.11. The van der Waals surface area contributed by atoms with Crippen molar-refractivity contribution in [2.24, 2.45) is 0 Å². The highest BCUT2D eigenvalue weighted by Gasteiger charge is 2.47. The van der Waals surface area contributed by atoms with Crippen molar-refractivity contribution in [1.82, 2.24) is 10.2 Å². The third kappa shape index (κ3) is 3.07. The fourth-order valence-electron chi connectivity index (χ4n) is 2.41. The third-order valence-corrected chi connectivity index (χ3v) is 3.25. The van der Waals surface area contributed by atoms with Crippen molar-refractivity contribution in [2.45, 2.75) is 12.2 Å². The summed E-state index contributed by atoms with van der Waals surface area (Å²) in [4.78, 5) is 11.4. The van der Waals surface area contributed by atoms with Gasteiger partial charge in [-0.3, -0.25) is 15.0 Å². The van der Waals surface area contributed by atoms with Gasteiger partial charge in [0.2, 0.25) is 0 Å². The Morgan fingerprint density at radius 3 is 2.40 bits per heavy atom. The smallest absolute Gasteiger partial charge is 0.314 e. The molecule has 0 spiro atoms. The molecule has 0 amide bonds. The van der Waals surface area contributed by atoms with Gasteiger partial charge in [-0.1, -0.05) is 18.2 Å².